The fourth-order valence-electron chi connectivity index (χ4n) is 4.68. The summed E-state index contributed by atoms with van der Waals surface area (Å²) in [6, 6.07) is 13.2. The van der Waals surface area contributed by atoms with E-state index in [1.54, 1.807) is 36.4 Å². The molecule has 0 spiro atoms. The maximum Gasteiger partial charge on any atom is 0.296 e. The Balaban J connectivity index is 2.02. The van der Waals surface area contributed by atoms with Gasteiger partial charge < -0.3 is 19.5 Å². The lowest BCUT2D eigenvalue weighted by molar-refractivity contribution is -0.140. The highest BCUT2D eigenvalue weighted by Crippen LogP contribution is 2.46. The number of rotatable bonds is 4. The van der Waals surface area contributed by atoms with Crippen molar-refractivity contribution in [3.8, 4) is 5.75 Å². The Morgan fingerprint density at radius 2 is 1.54 bits per heavy atom. The molecule has 2 N–H and O–H groups in total. The summed E-state index contributed by atoms with van der Waals surface area (Å²) in [5.74, 6) is -1.02. The van der Waals surface area contributed by atoms with Gasteiger partial charge in [0.2, 0.25) is 0 Å². The zero-order valence-electron chi connectivity index (χ0n) is 21.9. The lowest BCUT2D eigenvalue weighted by atomic mass is 9.77. The number of aliphatic hydroxyl groups is 1. The Kier molecular flexibility index (Phi) is 6.88. The number of ketones is 1. The molecule has 3 aromatic rings. The molecule has 1 aliphatic heterocycles. The van der Waals surface area contributed by atoms with E-state index in [1.165, 1.54) is 11.2 Å². The number of likely N-dealkylation sites (tertiary alicyclic amines) is 1. The second-order valence-electron chi connectivity index (χ2n) is 11.5. The van der Waals surface area contributed by atoms with Crippen LogP contribution in [0.4, 0.5) is 0 Å². The molecule has 0 saturated carbocycles. The number of phenols is 1. The standard InChI is InChI=1S/C30H32BrNO5/c1-29(2,3)21-14-18(15-22(26(21)34)30(4,5)6)24-23(25(33)17-9-11-19(31)12-10-17)27(35)28(36)32(24)16-20-8-7-13-37-20/h7-15,24,33-34H,16H2,1-6H3/b25-23+. The molecule has 0 radical (unpaired) electrons. The number of hydrogen-bond donors (Lipinski definition) is 2. The molecule has 2 heterocycles. The molecule has 2 aromatic carbocycles. The third kappa shape index (κ3) is 5.10. The molecule has 1 aliphatic rings. The van der Waals surface area contributed by atoms with Gasteiger partial charge in [-0.25, -0.2) is 0 Å². The van der Waals surface area contributed by atoms with Gasteiger partial charge in [-0.15, -0.1) is 0 Å². The summed E-state index contributed by atoms with van der Waals surface area (Å²) in [7, 11) is 0. The summed E-state index contributed by atoms with van der Waals surface area (Å²) in [6.07, 6.45) is 1.51. The van der Waals surface area contributed by atoms with Gasteiger partial charge in [-0.05, 0) is 63.9 Å². The molecule has 0 aliphatic carbocycles. The van der Waals surface area contributed by atoms with E-state index in [2.05, 4.69) is 15.9 Å². The maximum absolute atomic E-state index is 13.4. The van der Waals surface area contributed by atoms with Gasteiger partial charge in [0.1, 0.15) is 17.3 Å². The fraction of sp³-hybridized carbons (Fsp3) is 0.333. The lowest BCUT2D eigenvalue weighted by Gasteiger charge is -2.31. The summed E-state index contributed by atoms with van der Waals surface area (Å²) in [6.45, 7) is 12.1. The Labute approximate surface area is 225 Å². The summed E-state index contributed by atoms with van der Waals surface area (Å²) < 4.78 is 6.32. The van der Waals surface area contributed by atoms with Crippen LogP contribution in [0.3, 0.4) is 0 Å². The minimum Gasteiger partial charge on any atom is -0.507 e. The molecule has 6 nitrogen and oxygen atoms in total. The van der Waals surface area contributed by atoms with Crippen LogP contribution in [0.2, 0.25) is 0 Å². The highest BCUT2D eigenvalue weighted by molar-refractivity contribution is 9.10. The first-order valence-corrected chi connectivity index (χ1v) is 12.9. The zero-order valence-corrected chi connectivity index (χ0v) is 23.5. The number of halogens is 1. The first-order chi connectivity index (χ1) is 17.2. The summed E-state index contributed by atoms with van der Waals surface area (Å²) >= 11 is 3.39. The number of carbonyl (C=O) groups is 2. The maximum atomic E-state index is 13.4. The Morgan fingerprint density at radius 3 is 2.03 bits per heavy atom. The monoisotopic (exact) mass is 565 g/mol. The third-order valence-electron chi connectivity index (χ3n) is 6.63. The molecular formula is C30H32BrNO5. The van der Waals surface area contributed by atoms with Gasteiger partial charge in [-0.3, -0.25) is 9.59 Å². The van der Waals surface area contributed by atoms with E-state index < -0.39 is 28.6 Å². The number of aromatic hydroxyl groups is 1. The topological polar surface area (TPSA) is 91.0 Å². The largest absolute Gasteiger partial charge is 0.507 e. The number of benzene rings is 2. The van der Waals surface area contributed by atoms with E-state index in [1.807, 2.05) is 53.7 Å². The average Bonchev–Trinajstić information content (AvgIpc) is 3.40. The van der Waals surface area contributed by atoms with Gasteiger partial charge in [-0.1, -0.05) is 69.6 Å². The summed E-state index contributed by atoms with van der Waals surface area (Å²) in [5.41, 5.74) is 1.62. The van der Waals surface area contributed by atoms with E-state index >= 15 is 0 Å². The van der Waals surface area contributed by atoms with Gasteiger partial charge in [0.25, 0.3) is 11.7 Å². The molecule has 37 heavy (non-hydrogen) atoms. The van der Waals surface area contributed by atoms with Crippen LogP contribution in [0, 0.1) is 0 Å². The molecule has 194 valence electrons. The van der Waals surface area contributed by atoms with Gasteiger partial charge in [0.05, 0.1) is 24.4 Å². The van der Waals surface area contributed by atoms with Crippen LogP contribution in [0.15, 0.2) is 69.3 Å². The van der Waals surface area contributed by atoms with E-state index in [9.17, 15) is 19.8 Å². The number of Topliss-reactive ketones (excluding diaryl/α,β-unsaturated/α-hetero) is 1. The van der Waals surface area contributed by atoms with Gasteiger partial charge in [0.15, 0.2) is 0 Å². The van der Waals surface area contributed by atoms with Crippen LogP contribution < -0.4 is 0 Å². The van der Waals surface area contributed by atoms with Crippen molar-refractivity contribution in [1.82, 2.24) is 4.90 Å². The van der Waals surface area contributed by atoms with E-state index in [4.69, 9.17) is 4.42 Å². The van der Waals surface area contributed by atoms with E-state index in [-0.39, 0.29) is 23.6 Å². The first-order valence-electron chi connectivity index (χ1n) is 12.1. The highest BCUT2D eigenvalue weighted by Gasteiger charge is 2.47. The summed E-state index contributed by atoms with van der Waals surface area (Å²) in [5, 5.41) is 22.6. The van der Waals surface area contributed by atoms with Crippen LogP contribution >= 0.6 is 15.9 Å². The molecule has 1 atom stereocenters. The first kappa shape index (κ1) is 26.7. The number of amides is 1. The molecule has 1 aromatic heterocycles. The number of aliphatic hydroxyl groups excluding tert-OH is 1. The van der Waals surface area contributed by atoms with E-state index in [0.29, 0.717) is 28.0 Å². The minimum absolute atomic E-state index is 0.00397. The number of hydrogen-bond acceptors (Lipinski definition) is 5. The molecule has 1 amide bonds. The quantitative estimate of drug-likeness (QED) is 0.202. The van der Waals surface area contributed by atoms with Crippen molar-refractivity contribution in [2.45, 2.75) is 65.0 Å². The average molecular weight is 566 g/mol. The predicted octanol–water partition coefficient (Wildman–Crippen LogP) is 6.96. The Morgan fingerprint density at radius 1 is 0.973 bits per heavy atom. The molecule has 1 saturated heterocycles. The minimum atomic E-state index is -0.878. The number of furan rings is 1. The smallest absolute Gasteiger partial charge is 0.296 e. The van der Waals surface area contributed by atoms with Crippen LogP contribution in [-0.2, 0) is 27.0 Å². The highest BCUT2D eigenvalue weighted by atomic mass is 79.9. The molecule has 4 rings (SSSR count). The van der Waals surface area contributed by atoms with Crippen LogP contribution in [0.25, 0.3) is 5.76 Å². The van der Waals surface area contributed by atoms with E-state index in [0.717, 1.165) is 4.47 Å². The number of phenolic OH excluding ortho intramolecular Hbond substituents is 1. The van der Waals surface area contributed by atoms with Crippen molar-refractivity contribution in [2.24, 2.45) is 0 Å². The SMILES string of the molecule is CC(C)(C)c1cc(C2/C(=C(\O)c3ccc(Br)cc3)C(=O)C(=O)N2Cc2ccco2)cc(C(C)(C)C)c1O. The summed E-state index contributed by atoms with van der Waals surface area (Å²) in [4.78, 5) is 28.2. The third-order valence-corrected chi connectivity index (χ3v) is 7.16. The zero-order chi connectivity index (χ0) is 27.3. The van der Waals surface area contributed by atoms with Crippen molar-refractivity contribution in [2.75, 3.05) is 0 Å². The molecule has 7 heteroatoms. The van der Waals surface area contributed by atoms with Gasteiger partial charge in [0, 0.05) is 10.0 Å². The number of carbonyl (C=O) groups excluding carboxylic acids is 2. The van der Waals surface area contributed by atoms with Crippen molar-refractivity contribution >= 4 is 33.4 Å². The Hall–Kier alpha value is -3.32. The molecule has 1 unspecified atom stereocenters. The van der Waals surface area contributed by atoms with Crippen molar-refractivity contribution in [3.05, 3.63) is 92.9 Å². The van der Waals surface area contributed by atoms with Gasteiger partial charge >= 0.3 is 0 Å². The van der Waals surface area contributed by atoms with Crippen LogP contribution in [-0.4, -0.2) is 26.8 Å². The normalized spacial score (nSPS) is 18.0. The van der Waals surface area contributed by atoms with Gasteiger partial charge in [-0.2, -0.15) is 0 Å². The van der Waals surface area contributed by atoms with Crippen molar-refractivity contribution < 1.29 is 24.2 Å². The van der Waals surface area contributed by atoms with Crippen molar-refractivity contribution in [1.29, 1.82) is 0 Å². The van der Waals surface area contributed by atoms with Crippen molar-refractivity contribution in [3.63, 3.8) is 0 Å². The Bertz CT molecular complexity index is 1340. The fourth-order valence-corrected chi connectivity index (χ4v) is 4.95. The van der Waals surface area contributed by atoms with Crippen LogP contribution in [0.5, 0.6) is 5.75 Å². The second kappa shape index (κ2) is 9.53. The molecule has 0 bridgehead atoms. The number of nitrogens with zero attached hydrogens (tertiary/aromatic N) is 1. The second-order valence-corrected chi connectivity index (χ2v) is 12.4. The van der Waals surface area contributed by atoms with Crippen LogP contribution in [0.1, 0.15) is 75.6 Å². The lowest BCUT2D eigenvalue weighted by Crippen LogP contribution is -2.29. The predicted molar refractivity (Wildman–Crippen MR) is 146 cm³/mol. The molecular weight excluding hydrogens is 534 g/mol. The molecule has 1 fully saturated rings.